The number of Topliss-reactive ketones (excluding diaryl/α,β-unsaturated/α-hetero) is 1. The predicted octanol–water partition coefficient (Wildman–Crippen LogP) is 2.48. The van der Waals surface area contributed by atoms with Crippen molar-refractivity contribution in [3.8, 4) is 0 Å². The molecule has 2 heteroatoms. The molecule has 1 saturated carbocycles. The summed E-state index contributed by atoms with van der Waals surface area (Å²) in [7, 11) is 0. The third kappa shape index (κ3) is 1.48. The van der Waals surface area contributed by atoms with Crippen LogP contribution in [0.4, 0.5) is 0 Å². The lowest BCUT2D eigenvalue weighted by Gasteiger charge is -2.06. The number of hydrogen-bond acceptors (Lipinski definition) is 2. The van der Waals surface area contributed by atoms with Crippen molar-refractivity contribution in [2.45, 2.75) is 19.8 Å². The van der Waals surface area contributed by atoms with Crippen LogP contribution in [0.5, 0.6) is 0 Å². The highest BCUT2D eigenvalue weighted by molar-refractivity contribution is 6.02. The molecule has 2 nitrogen and oxygen atoms in total. The van der Waals surface area contributed by atoms with Crippen LogP contribution in [0.25, 0.3) is 0 Å². The minimum absolute atomic E-state index is 0.122. The fourth-order valence-electron chi connectivity index (χ4n) is 1.48. The van der Waals surface area contributed by atoms with Crippen molar-refractivity contribution >= 4 is 12.1 Å². The minimum atomic E-state index is -0.122. The first-order valence-electron chi connectivity index (χ1n) is 4.76. The minimum Gasteiger partial charge on any atom is -0.298 e. The lowest BCUT2D eigenvalue weighted by molar-refractivity contribution is 0.0912. The van der Waals surface area contributed by atoms with Crippen LogP contribution in [0.15, 0.2) is 24.3 Å². The molecule has 0 atom stereocenters. The van der Waals surface area contributed by atoms with Gasteiger partial charge in [0.15, 0.2) is 5.78 Å². The van der Waals surface area contributed by atoms with Gasteiger partial charge in [0.25, 0.3) is 0 Å². The van der Waals surface area contributed by atoms with E-state index in [0.29, 0.717) is 5.56 Å². The molecule has 0 amide bonds. The molecule has 0 radical (unpaired) electrons. The van der Waals surface area contributed by atoms with E-state index in [9.17, 15) is 9.59 Å². The summed E-state index contributed by atoms with van der Waals surface area (Å²) in [4.78, 5) is 22.3. The molecular weight excluding hydrogens is 176 g/mol. The Labute approximate surface area is 82.9 Å². The molecule has 2 rings (SSSR count). The lowest BCUT2D eigenvalue weighted by Crippen LogP contribution is -2.11. The van der Waals surface area contributed by atoms with E-state index in [1.54, 1.807) is 24.3 Å². The molecule has 0 N–H and O–H groups in total. The fourth-order valence-corrected chi connectivity index (χ4v) is 1.48. The van der Waals surface area contributed by atoms with Crippen LogP contribution >= 0.6 is 0 Å². The number of rotatable bonds is 3. The zero-order valence-corrected chi connectivity index (χ0v) is 8.12. The average Bonchev–Trinajstić information content (AvgIpc) is 2.97. The maximum Gasteiger partial charge on any atom is 0.168 e. The average molecular weight is 188 g/mol. The van der Waals surface area contributed by atoms with Gasteiger partial charge in [-0.15, -0.1) is 0 Å². The Morgan fingerprint density at radius 1 is 1.29 bits per heavy atom. The monoisotopic (exact) mass is 188 g/mol. The summed E-state index contributed by atoms with van der Waals surface area (Å²) in [6.07, 6.45) is 2.76. The summed E-state index contributed by atoms with van der Waals surface area (Å²) in [6, 6.07) is 6.84. The van der Waals surface area contributed by atoms with Crippen molar-refractivity contribution in [1.29, 1.82) is 0 Å². The number of hydrogen-bond donors (Lipinski definition) is 0. The quantitative estimate of drug-likeness (QED) is 0.539. The number of benzene rings is 1. The van der Waals surface area contributed by atoms with Crippen LogP contribution in [-0.2, 0) is 0 Å². The highest BCUT2D eigenvalue weighted by Crippen LogP contribution is 2.47. The standard InChI is InChI=1S/C12H12O2/c1-12(6-7-12)11(14)10-4-2-9(8-13)3-5-10/h2-5,8H,6-7H2,1H3. The van der Waals surface area contributed by atoms with Crippen molar-refractivity contribution in [2.24, 2.45) is 5.41 Å². The van der Waals surface area contributed by atoms with Crippen LogP contribution in [0.1, 0.15) is 40.5 Å². The summed E-state index contributed by atoms with van der Waals surface area (Å²) in [5.41, 5.74) is 1.21. The van der Waals surface area contributed by atoms with Crippen molar-refractivity contribution in [3.05, 3.63) is 35.4 Å². The first kappa shape index (κ1) is 9.13. The van der Waals surface area contributed by atoms with E-state index in [4.69, 9.17) is 0 Å². The summed E-state index contributed by atoms with van der Waals surface area (Å²) < 4.78 is 0. The molecular formula is C12H12O2. The topological polar surface area (TPSA) is 34.1 Å². The lowest BCUT2D eigenvalue weighted by atomic mass is 9.96. The van der Waals surface area contributed by atoms with Gasteiger partial charge in [-0.2, -0.15) is 0 Å². The fraction of sp³-hybridized carbons (Fsp3) is 0.333. The van der Waals surface area contributed by atoms with Crippen molar-refractivity contribution in [3.63, 3.8) is 0 Å². The normalized spacial score (nSPS) is 17.5. The van der Waals surface area contributed by atoms with Gasteiger partial charge in [-0.1, -0.05) is 31.2 Å². The molecule has 72 valence electrons. The van der Waals surface area contributed by atoms with Crippen molar-refractivity contribution in [1.82, 2.24) is 0 Å². The first-order chi connectivity index (χ1) is 6.65. The van der Waals surface area contributed by atoms with Gasteiger partial charge in [0.1, 0.15) is 6.29 Å². The molecule has 1 fully saturated rings. The maximum absolute atomic E-state index is 11.8. The van der Waals surface area contributed by atoms with Crippen LogP contribution in [0.3, 0.4) is 0 Å². The van der Waals surface area contributed by atoms with E-state index in [0.717, 1.165) is 24.7 Å². The molecule has 0 aromatic heterocycles. The van der Waals surface area contributed by atoms with E-state index in [1.807, 2.05) is 6.92 Å². The third-order valence-corrected chi connectivity index (χ3v) is 2.86. The van der Waals surface area contributed by atoms with Gasteiger partial charge in [0.2, 0.25) is 0 Å². The summed E-state index contributed by atoms with van der Waals surface area (Å²) in [6.45, 7) is 1.99. The van der Waals surface area contributed by atoms with Crippen molar-refractivity contribution < 1.29 is 9.59 Å². The van der Waals surface area contributed by atoms with E-state index >= 15 is 0 Å². The molecule has 0 aliphatic heterocycles. The van der Waals surface area contributed by atoms with Crippen molar-refractivity contribution in [2.75, 3.05) is 0 Å². The Bertz CT molecular complexity index is 372. The predicted molar refractivity (Wildman–Crippen MR) is 53.5 cm³/mol. The molecule has 0 saturated heterocycles. The van der Waals surface area contributed by atoms with Gasteiger partial charge in [-0.25, -0.2) is 0 Å². The Balaban J connectivity index is 2.24. The molecule has 1 aromatic carbocycles. The SMILES string of the molecule is CC1(C(=O)c2ccc(C=O)cc2)CC1. The zero-order chi connectivity index (χ0) is 10.2. The largest absolute Gasteiger partial charge is 0.298 e. The second-order valence-electron chi connectivity index (χ2n) is 4.13. The Hall–Kier alpha value is -1.44. The Morgan fingerprint density at radius 2 is 1.86 bits per heavy atom. The highest BCUT2D eigenvalue weighted by Gasteiger charge is 2.44. The van der Waals surface area contributed by atoms with Crippen LogP contribution in [-0.4, -0.2) is 12.1 Å². The number of carbonyl (C=O) groups excluding carboxylic acids is 2. The van der Waals surface area contributed by atoms with Gasteiger partial charge >= 0.3 is 0 Å². The molecule has 1 aliphatic carbocycles. The second-order valence-corrected chi connectivity index (χ2v) is 4.13. The molecule has 0 spiro atoms. The smallest absolute Gasteiger partial charge is 0.168 e. The molecule has 0 unspecified atom stereocenters. The number of carbonyl (C=O) groups is 2. The van der Waals surface area contributed by atoms with Gasteiger partial charge < -0.3 is 0 Å². The second kappa shape index (κ2) is 3.05. The van der Waals surface area contributed by atoms with Gasteiger partial charge in [-0.05, 0) is 12.8 Å². The van der Waals surface area contributed by atoms with E-state index < -0.39 is 0 Å². The van der Waals surface area contributed by atoms with Crippen LogP contribution < -0.4 is 0 Å². The maximum atomic E-state index is 11.8. The summed E-state index contributed by atoms with van der Waals surface area (Å²) in [5, 5.41) is 0. The van der Waals surface area contributed by atoms with E-state index in [2.05, 4.69) is 0 Å². The molecule has 1 aliphatic rings. The first-order valence-corrected chi connectivity index (χ1v) is 4.76. The highest BCUT2D eigenvalue weighted by atomic mass is 16.1. The third-order valence-electron chi connectivity index (χ3n) is 2.86. The van der Waals surface area contributed by atoms with Gasteiger partial charge in [0, 0.05) is 16.5 Å². The van der Waals surface area contributed by atoms with E-state index in [1.165, 1.54) is 0 Å². The zero-order valence-electron chi connectivity index (χ0n) is 8.12. The van der Waals surface area contributed by atoms with Crippen LogP contribution in [0, 0.1) is 5.41 Å². The Kier molecular flexibility index (Phi) is 1.99. The number of ketones is 1. The summed E-state index contributed by atoms with van der Waals surface area (Å²) >= 11 is 0. The van der Waals surface area contributed by atoms with Gasteiger partial charge in [0.05, 0.1) is 0 Å². The van der Waals surface area contributed by atoms with Gasteiger partial charge in [-0.3, -0.25) is 9.59 Å². The molecule has 14 heavy (non-hydrogen) atoms. The molecule has 0 bridgehead atoms. The van der Waals surface area contributed by atoms with E-state index in [-0.39, 0.29) is 11.2 Å². The molecule has 0 heterocycles. The number of aldehydes is 1. The Morgan fingerprint density at radius 3 is 2.29 bits per heavy atom. The summed E-state index contributed by atoms with van der Waals surface area (Å²) in [5.74, 6) is 0.204. The molecule has 1 aromatic rings. The van der Waals surface area contributed by atoms with Crippen LogP contribution in [0.2, 0.25) is 0 Å².